The summed E-state index contributed by atoms with van der Waals surface area (Å²) in [6.07, 6.45) is -0.633. The van der Waals surface area contributed by atoms with Gasteiger partial charge in [0.2, 0.25) is 5.91 Å². The van der Waals surface area contributed by atoms with Crippen molar-refractivity contribution in [3.63, 3.8) is 0 Å². The second-order valence-electron chi connectivity index (χ2n) is 8.78. The van der Waals surface area contributed by atoms with Gasteiger partial charge in [0.05, 0.1) is 49.5 Å². The number of hydrogen-bond acceptors (Lipinski definition) is 8. The van der Waals surface area contributed by atoms with E-state index in [0.717, 1.165) is 11.9 Å². The summed E-state index contributed by atoms with van der Waals surface area (Å²) >= 11 is 0. The number of ether oxygens (including phenoxy) is 1. The van der Waals surface area contributed by atoms with Gasteiger partial charge in [-0.2, -0.15) is 23.5 Å². The zero-order valence-corrected chi connectivity index (χ0v) is 19.5. The van der Waals surface area contributed by atoms with Gasteiger partial charge in [0.15, 0.2) is 5.92 Å². The van der Waals surface area contributed by atoms with Crippen molar-refractivity contribution in [2.75, 3.05) is 50.8 Å². The lowest BCUT2D eigenvalue weighted by Crippen LogP contribution is -2.49. The van der Waals surface area contributed by atoms with Crippen LogP contribution in [0.25, 0.3) is 0 Å². The Balaban J connectivity index is 1.22. The average molecular weight is 506 g/mol. The maximum Gasteiger partial charge on any atom is 0.406 e. The lowest BCUT2D eigenvalue weighted by Gasteiger charge is -2.36. The minimum atomic E-state index is -4.75. The molecule has 1 unspecified atom stereocenters. The molecule has 0 radical (unpaired) electrons. The molecule has 13 heteroatoms. The van der Waals surface area contributed by atoms with Crippen LogP contribution in [0, 0.1) is 17.2 Å². The fourth-order valence-electron chi connectivity index (χ4n) is 4.69. The number of carbonyl (C=O) groups is 2. The lowest BCUT2D eigenvalue weighted by atomic mass is 10.0. The van der Waals surface area contributed by atoms with Crippen LogP contribution in [0.2, 0.25) is 0 Å². The third kappa shape index (κ3) is 5.81. The molecule has 2 fully saturated rings. The number of rotatable bonds is 7. The molecule has 0 N–H and O–H groups in total. The van der Waals surface area contributed by atoms with Crippen molar-refractivity contribution in [1.29, 1.82) is 5.26 Å². The summed E-state index contributed by atoms with van der Waals surface area (Å²) in [4.78, 5) is 33.9. The summed E-state index contributed by atoms with van der Waals surface area (Å²) in [6.45, 7) is 3.05. The summed E-state index contributed by atoms with van der Waals surface area (Å²) in [6, 6.07) is 5.15. The number of likely N-dealkylation sites (tertiary alicyclic amines) is 1. The molecule has 192 valence electrons. The first-order valence-electron chi connectivity index (χ1n) is 11.7. The van der Waals surface area contributed by atoms with Crippen LogP contribution >= 0.6 is 0 Å². The van der Waals surface area contributed by atoms with E-state index in [1.165, 1.54) is 4.90 Å². The molecular weight excluding hydrogens is 479 g/mol. The monoisotopic (exact) mass is 505 g/mol. The van der Waals surface area contributed by atoms with Crippen molar-refractivity contribution >= 4 is 17.5 Å². The molecule has 4 heterocycles. The standard InChI is InChI=1S/C23H26F3N7O3/c24-23(25,26)21-19(14-29-30-22(21)35)33-6-1-2-18(33)15-36-11-5-20(34)32-9-7-31(8-10-32)17-4-3-16(12-27)28-13-17/h3-4,13-14,18,21H,1-2,5-11,15H2/t18-,21?/m0/s1. The van der Waals surface area contributed by atoms with Crippen LogP contribution in [-0.2, 0) is 14.3 Å². The summed E-state index contributed by atoms with van der Waals surface area (Å²) in [5.41, 5.74) is 1.05. The lowest BCUT2D eigenvalue weighted by molar-refractivity contribution is -0.177. The normalized spacial score (nSPS) is 22.6. The fraction of sp³-hybridized carbons (Fsp3) is 0.565. The molecule has 10 nitrogen and oxygen atoms in total. The summed E-state index contributed by atoms with van der Waals surface area (Å²) in [5, 5.41) is 15.4. The van der Waals surface area contributed by atoms with E-state index in [4.69, 9.17) is 10.00 Å². The zero-order valence-electron chi connectivity index (χ0n) is 19.5. The molecule has 1 aromatic heterocycles. The molecule has 0 aliphatic carbocycles. The number of nitriles is 1. The van der Waals surface area contributed by atoms with Crippen molar-refractivity contribution in [3.8, 4) is 6.07 Å². The van der Waals surface area contributed by atoms with Gasteiger partial charge in [-0.3, -0.25) is 9.59 Å². The van der Waals surface area contributed by atoms with E-state index in [2.05, 4.69) is 20.1 Å². The SMILES string of the molecule is N#Cc1ccc(N2CCN(C(=O)CCOC[C@@H]3CCCN3C3=CN=NC(=O)C3C(F)(F)F)CC2)cn1. The van der Waals surface area contributed by atoms with Crippen LogP contribution in [0.5, 0.6) is 0 Å². The van der Waals surface area contributed by atoms with E-state index in [-0.39, 0.29) is 37.3 Å². The van der Waals surface area contributed by atoms with Crippen LogP contribution in [0.1, 0.15) is 25.0 Å². The molecule has 2 amide bonds. The fourth-order valence-corrected chi connectivity index (χ4v) is 4.69. The van der Waals surface area contributed by atoms with E-state index in [1.807, 2.05) is 12.1 Å². The Bertz CT molecular complexity index is 1060. The van der Waals surface area contributed by atoms with Crippen LogP contribution < -0.4 is 4.90 Å². The van der Waals surface area contributed by atoms with Gasteiger partial charge in [-0.15, -0.1) is 5.11 Å². The summed E-state index contributed by atoms with van der Waals surface area (Å²) in [7, 11) is 0. The van der Waals surface area contributed by atoms with Gasteiger partial charge in [-0.25, -0.2) is 4.98 Å². The van der Waals surface area contributed by atoms with E-state index < -0.39 is 18.0 Å². The van der Waals surface area contributed by atoms with Crippen LogP contribution in [-0.4, -0.2) is 84.8 Å². The highest BCUT2D eigenvalue weighted by molar-refractivity contribution is 5.83. The Labute approximate surface area is 206 Å². The van der Waals surface area contributed by atoms with Gasteiger partial charge < -0.3 is 19.4 Å². The number of pyridine rings is 1. The molecule has 0 saturated carbocycles. The van der Waals surface area contributed by atoms with Gasteiger partial charge in [-0.05, 0) is 25.0 Å². The number of hydrogen-bond donors (Lipinski definition) is 0. The van der Waals surface area contributed by atoms with Gasteiger partial charge in [0.25, 0.3) is 5.91 Å². The minimum absolute atomic E-state index is 0.0472. The van der Waals surface area contributed by atoms with Crippen molar-refractivity contribution in [1.82, 2.24) is 14.8 Å². The molecule has 0 spiro atoms. The summed E-state index contributed by atoms with van der Waals surface area (Å²) in [5.74, 6) is -3.67. The molecular formula is C23H26F3N7O3. The smallest absolute Gasteiger partial charge is 0.379 e. The number of aromatic nitrogens is 1. The van der Waals surface area contributed by atoms with Crippen molar-refractivity contribution in [2.24, 2.45) is 16.1 Å². The van der Waals surface area contributed by atoms with Gasteiger partial charge in [-0.1, -0.05) is 0 Å². The first-order chi connectivity index (χ1) is 17.3. The number of nitrogens with zero attached hydrogens (tertiary/aromatic N) is 7. The molecule has 1 aromatic rings. The topological polar surface area (TPSA) is 114 Å². The predicted octanol–water partition coefficient (Wildman–Crippen LogP) is 2.49. The number of carbonyl (C=O) groups excluding carboxylic acids is 2. The molecule has 4 rings (SSSR count). The number of amides is 2. The van der Waals surface area contributed by atoms with Crippen LogP contribution in [0.4, 0.5) is 18.9 Å². The highest BCUT2D eigenvalue weighted by Gasteiger charge is 2.51. The maximum atomic E-state index is 13.5. The van der Waals surface area contributed by atoms with Crippen LogP contribution in [0.15, 0.2) is 40.5 Å². The molecule has 3 aliphatic rings. The van der Waals surface area contributed by atoms with E-state index >= 15 is 0 Å². The second kappa shape index (κ2) is 11.0. The Kier molecular flexibility index (Phi) is 7.83. The third-order valence-electron chi connectivity index (χ3n) is 6.56. The number of anilines is 1. The first kappa shape index (κ1) is 25.6. The average Bonchev–Trinajstić information content (AvgIpc) is 3.34. The summed E-state index contributed by atoms with van der Waals surface area (Å²) < 4.78 is 46.1. The zero-order chi connectivity index (χ0) is 25.7. The maximum absolute atomic E-state index is 13.5. The Morgan fingerprint density at radius 1 is 1.19 bits per heavy atom. The number of alkyl halides is 3. The largest absolute Gasteiger partial charge is 0.406 e. The molecule has 0 aromatic carbocycles. The van der Waals surface area contributed by atoms with Crippen molar-refractivity contribution in [3.05, 3.63) is 35.9 Å². The number of azo groups is 1. The molecule has 36 heavy (non-hydrogen) atoms. The third-order valence-corrected chi connectivity index (χ3v) is 6.56. The second-order valence-corrected chi connectivity index (χ2v) is 8.78. The van der Waals surface area contributed by atoms with Gasteiger partial charge >= 0.3 is 6.18 Å². The van der Waals surface area contributed by atoms with Crippen LogP contribution in [0.3, 0.4) is 0 Å². The van der Waals surface area contributed by atoms with E-state index in [9.17, 15) is 22.8 Å². The highest BCUT2D eigenvalue weighted by atomic mass is 19.4. The van der Waals surface area contributed by atoms with E-state index in [0.29, 0.717) is 51.3 Å². The quantitative estimate of drug-likeness (QED) is 0.523. The Hall–Kier alpha value is -3.53. The highest BCUT2D eigenvalue weighted by Crippen LogP contribution is 2.39. The van der Waals surface area contributed by atoms with Gasteiger partial charge in [0.1, 0.15) is 11.8 Å². The Morgan fingerprint density at radius 3 is 2.64 bits per heavy atom. The van der Waals surface area contributed by atoms with E-state index in [1.54, 1.807) is 17.2 Å². The predicted molar refractivity (Wildman–Crippen MR) is 120 cm³/mol. The number of piperazine rings is 1. The minimum Gasteiger partial charge on any atom is -0.379 e. The first-order valence-corrected chi connectivity index (χ1v) is 11.7. The molecule has 2 saturated heterocycles. The number of halogens is 3. The van der Waals surface area contributed by atoms with Crippen molar-refractivity contribution < 1.29 is 27.5 Å². The molecule has 0 bridgehead atoms. The van der Waals surface area contributed by atoms with Gasteiger partial charge in [0, 0.05) is 32.7 Å². The van der Waals surface area contributed by atoms with Crippen molar-refractivity contribution in [2.45, 2.75) is 31.5 Å². The Morgan fingerprint density at radius 2 is 1.97 bits per heavy atom. The molecule has 3 aliphatic heterocycles. The molecule has 2 atom stereocenters.